The molecule has 1 aromatic rings. The SMILES string of the molecule is CC(=O)OC1CC(C)OC(OC2CCC3(C=O)C4C(O)C(=O)[C@]5(C)C(c6ccc(=O)oc6)CC[C@]5(O)C4CC[C@]3(O)C2)C1OC(C)=O. The van der Waals surface area contributed by atoms with Crippen LogP contribution in [0.2, 0.25) is 0 Å². The summed E-state index contributed by atoms with van der Waals surface area (Å²) in [6.07, 6.45) is -2.32. The maximum Gasteiger partial charge on any atom is 0.335 e. The molecule has 3 N–H and O–H groups in total. The summed E-state index contributed by atoms with van der Waals surface area (Å²) in [6, 6.07) is 2.83. The van der Waals surface area contributed by atoms with E-state index in [0.29, 0.717) is 18.3 Å². The number of hydrogen-bond donors (Lipinski definition) is 3. The van der Waals surface area contributed by atoms with Crippen molar-refractivity contribution < 1.29 is 57.9 Å². The zero-order chi connectivity index (χ0) is 34.1. The van der Waals surface area contributed by atoms with Crippen molar-refractivity contribution >= 4 is 24.0 Å². The Labute approximate surface area is 271 Å². The van der Waals surface area contributed by atoms with E-state index in [1.54, 1.807) is 19.9 Å². The molecule has 5 fully saturated rings. The molecule has 258 valence electrons. The summed E-state index contributed by atoms with van der Waals surface area (Å²) in [5.74, 6) is -4.04. The molecule has 4 aliphatic carbocycles. The van der Waals surface area contributed by atoms with E-state index in [9.17, 15) is 39.3 Å². The third-order valence-corrected chi connectivity index (χ3v) is 12.2. The Morgan fingerprint density at radius 2 is 1.74 bits per heavy atom. The number of aliphatic hydroxyl groups is 3. The number of hydrogen-bond acceptors (Lipinski definition) is 13. The molecule has 13 heteroatoms. The van der Waals surface area contributed by atoms with Crippen LogP contribution in [0.3, 0.4) is 0 Å². The van der Waals surface area contributed by atoms with Gasteiger partial charge in [0.05, 0.1) is 40.5 Å². The van der Waals surface area contributed by atoms with Gasteiger partial charge in [-0.25, -0.2) is 4.79 Å². The quantitative estimate of drug-likeness (QED) is 0.227. The van der Waals surface area contributed by atoms with Crippen LogP contribution < -0.4 is 5.63 Å². The lowest BCUT2D eigenvalue weighted by Gasteiger charge is -2.65. The summed E-state index contributed by atoms with van der Waals surface area (Å²) in [5.41, 5.74) is -6.25. The predicted molar refractivity (Wildman–Crippen MR) is 159 cm³/mol. The smallest absolute Gasteiger partial charge is 0.335 e. The summed E-state index contributed by atoms with van der Waals surface area (Å²) in [5, 5.41) is 36.6. The fraction of sp³-hybridized carbons (Fsp3) is 0.735. The number of aliphatic hydroxyl groups excluding tert-OH is 1. The van der Waals surface area contributed by atoms with Crippen molar-refractivity contribution in [3.05, 3.63) is 34.4 Å². The van der Waals surface area contributed by atoms with Crippen molar-refractivity contribution in [2.45, 2.75) is 133 Å². The van der Waals surface area contributed by atoms with Gasteiger partial charge in [-0.1, -0.05) is 0 Å². The molecule has 0 bridgehead atoms. The lowest BCUT2D eigenvalue weighted by Crippen LogP contribution is -2.74. The van der Waals surface area contributed by atoms with E-state index in [1.807, 2.05) is 0 Å². The molecule has 6 rings (SSSR count). The fourth-order valence-corrected chi connectivity index (χ4v) is 10.1. The molecule has 1 saturated heterocycles. The number of rotatable bonds is 6. The summed E-state index contributed by atoms with van der Waals surface area (Å²) >= 11 is 0. The summed E-state index contributed by atoms with van der Waals surface area (Å²) < 4.78 is 28.3. The van der Waals surface area contributed by atoms with Gasteiger partial charge >= 0.3 is 17.6 Å². The van der Waals surface area contributed by atoms with Gasteiger partial charge in [-0.05, 0) is 69.9 Å². The minimum absolute atomic E-state index is 0.0451. The van der Waals surface area contributed by atoms with Gasteiger partial charge in [0.1, 0.15) is 18.5 Å². The van der Waals surface area contributed by atoms with E-state index in [4.69, 9.17) is 23.4 Å². The number of ether oxygens (including phenoxy) is 4. The Bertz CT molecular complexity index is 1470. The van der Waals surface area contributed by atoms with Crippen LogP contribution >= 0.6 is 0 Å². The molecular formula is C34H44O13. The molecule has 4 saturated carbocycles. The first-order valence-corrected chi connectivity index (χ1v) is 16.5. The molecule has 0 amide bonds. The molecule has 47 heavy (non-hydrogen) atoms. The average Bonchev–Trinajstić information content (AvgIpc) is 3.28. The Kier molecular flexibility index (Phi) is 8.56. The Balaban J connectivity index is 1.28. The highest BCUT2D eigenvalue weighted by Crippen LogP contribution is 2.70. The van der Waals surface area contributed by atoms with Crippen molar-refractivity contribution in [3.63, 3.8) is 0 Å². The van der Waals surface area contributed by atoms with Gasteiger partial charge in [-0.2, -0.15) is 0 Å². The lowest BCUT2D eigenvalue weighted by atomic mass is 9.40. The second-order valence-corrected chi connectivity index (χ2v) is 14.5. The topological polar surface area (TPSA) is 196 Å². The molecule has 0 radical (unpaired) electrons. The molecule has 13 atom stereocenters. The largest absolute Gasteiger partial charge is 0.458 e. The molecule has 0 spiro atoms. The first-order valence-electron chi connectivity index (χ1n) is 16.5. The zero-order valence-corrected chi connectivity index (χ0v) is 27.1. The Morgan fingerprint density at radius 3 is 2.38 bits per heavy atom. The van der Waals surface area contributed by atoms with Crippen LogP contribution in [0, 0.1) is 22.7 Å². The number of Topliss-reactive ketones (excluding diaryl/α,β-unsaturated/α-hetero) is 1. The van der Waals surface area contributed by atoms with Crippen LogP contribution in [0.25, 0.3) is 0 Å². The number of fused-ring (bicyclic) bond motifs is 5. The maximum atomic E-state index is 14.2. The minimum Gasteiger partial charge on any atom is -0.458 e. The average molecular weight is 661 g/mol. The van der Waals surface area contributed by atoms with Gasteiger partial charge in [-0.15, -0.1) is 0 Å². The van der Waals surface area contributed by atoms with Crippen LogP contribution in [-0.4, -0.2) is 87.3 Å². The number of carbonyl (C=O) groups excluding carboxylic acids is 4. The van der Waals surface area contributed by atoms with E-state index in [-0.39, 0.29) is 44.9 Å². The summed E-state index contributed by atoms with van der Waals surface area (Å²) in [6.45, 7) is 5.89. The van der Waals surface area contributed by atoms with Gasteiger partial charge in [0.15, 0.2) is 18.2 Å². The molecule has 13 nitrogen and oxygen atoms in total. The third-order valence-electron chi connectivity index (χ3n) is 12.2. The van der Waals surface area contributed by atoms with Crippen LogP contribution in [0.4, 0.5) is 0 Å². The second kappa shape index (κ2) is 11.9. The van der Waals surface area contributed by atoms with Gasteiger partial charge in [-0.3, -0.25) is 14.4 Å². The molecule has 5 aliphatic rings. The maximum absolute atomic E-state index is 14.2. The first kappa shape index (κ1) is 33.9. The third kappa shape index (κ3) is 5.11. The van der Waals surface area contributed by atoms with Crippen molar-refractivity contribution in [3.8, 4) is 0 Å². The van der Waals surface area contributed by atoms with Gasteiger partial charge in [0.2, 0.25) is 0 Å². The summed E-state index contributed by atoms with van der Waals surface area (Å²) in [7, 11) is 0. The van der Waals surface area contributed by atoms with Crippen molar-refractivity contribution in [2.24, 2.45) is 22.7 Å². The zero-order valence-electron chi connectivity index (χ0n) is 27.1. The molecule has 0 aromatic carbocycles. The van der Waals surface area contributed by atoms with E-state index < -0.39 is 99.9 Å². The molecule has 10 unspecified atom stereocenters. The highest BCUT2D eigenvalue weighted by Gasteiger charge is 2.76. The fourth-order valence-electron chi connectivity index (χ4n) is 10.1. The standard InChI is InChI=1S/C34H44O13/c1-17-13-24(45-18(2)36)28(46-19(3)37)30(44-17)47-21-7-10-32(16-35)26-23(8-11-33(32,41)14-21)34(42)12-9-22(20-5-6-25(38)43-15-20)31(34,4)29(40)27(26)39/h5-6,15-17,21-24,26-28,30,39,41-42H,7-14H2,1-4H3/t17?,21?,22?,23?,24?,26?,27?,28?,30?,31-,32?,33-,34-/m0/s1. The van der Waals surface area contributed by atoms with E-state index in [0.717, 1.165) is 0 Å². The van der Waals surface area contributed by atoms with Crippen LogP contribution in [-0.2, 0) is 38.1 Å². The van der Waals surface area contributed by atoms with E-state index in [2.05, 4.69) is 0 Å². The first-order chi connectivity index (χ1) is 22.1. The van der Waals surface area contributed by atoms with Crippen molar-refractivity contribution in [1.29, 1.82) is 0 Å². The predicted octanol–water partition coefficient (Wildman–Crippen LogP) is 1.71. The number of aldehydes is 1. The van der Waals surface area contributed by atoms with Gasteiger partial charge < -0.3 is 43.5 Å². The summed E-state index contributed by atoms with van der Waals surface area (Å²) in [4.78, 5) is 62.9. The molecule has 1 aromatic heterocycles. The van der Waals surface area contributed by atoms with Crippen molar-refractivity contribution in [2.75, 3.05) is 0 Å². The second-order valence-electron chi connectivity index (χ2n) is 14.5. The minimum atomic E-state index is -1.70. The Morgan fingerprint density at radius 1 is 1.02 bits per heavy atom. The van der Waals surface area contributed by atoms with Gasteiger partial charge in [0.25, 0.3) is 0 Å². The highest BCUT2D eigenvalue weighted by atomic mass is 16.7. The molecule has 2 heterocycles. The number of carbonyl (C=O) groups is 4. The molecule has 1 aliphatic heterocycles. The Hall–Kier alpha value is -2.97. The van der Waals surface area contributed by atoms with E-state index >= 15 is 0 Å². The normalized spacial score (nSPS) is 46.0. The van der Waals surface area contributed by atoms with Crippen LogP contribution in [0.1, 0.15) is 90.5 Å². The highest BCUT2D eigenvalue weighted by molar-refractivity contribution is 5.93. The number of ketones is 1. The molecular weight excluding hydrogens is 616 g/mol. The lowest BCUT2D eigenvalue weighted by molar-refractivity contribution is -0.303. The van der Waals surface area contributed by atoms with Crippen LogP contribution in [0.5, 0.6) is 0 Å². The number of esters is 2. The van der Waals surface area contributed by atoms with Crippen molar-refractivity contribution in [1.82, 2.24) is 0 Å². The van der Waals surface area contributed by atoms with E-state index in [1.165, 1.54) is 26.2 Å². The van der Waals surface area contributed by atoms with Gasteiger partial charge in [0, 0.05) is 44.6 Å². The monoisotopic (exact) mass is 660 g/mol. The van der Waals surface area contributed by atoms with Crippen LogP contribution in [0.15, 0.2) is 27.6 Å².